The van der Waals surface area contributed by atoms with E-state index >= 15 is 0 Å². The van der Waals surface area contributed by atoms with E-state index in [4.69, 9.17) is 19.7 Å². The van der Waals surface area contributed by atoms with Gasteiger partial charge in [0.2, 0.25) is 5.95 Å². The number of nitrogens with one attached hydrogen (secondary N) is 1. The highest BCUT2D eigenvalue weighted by Gasteiger charge is 2.59. The molecule has 0 amide bonds. The number of aromatic amines is 1. The molecule has 3 rings (SSSR count). The zero-order valence-corrected chi connectivity index (χ0v) is 15.5. The van der Waals surface area contributed by atoms with Gasteiger partial charge in [-0.25, -0.2) is 9.55 Å². The fourth-order valence-electron chi connectivity index (χ4n) is 3.22. The van der Waals surface area contributed by atoms with Crippen molar-refractivity contribution in [3.05, 3.63) is 16.7 Å². The maximum Gasteiger partial charge on any atom is 0.470 e. The lowest BCUT2D eigenvalue weighted by atomic mass is 9.90. The van der Waals surface area contributed by atoms with Gasteiger partial charge in [0.15, 0.2) is 17.4 Å². The largest absolute Gasteiger partial charge is 0.470 e. The second-order valence-corrected chi connectivity index (χ2v) is 7.43. The molecule has 1 fully saturated rings. The van der Waals surface area contributed by atoms with Crippen LogP contribution in [0.3, 0.4) is 0 Å². The minimum absolute atomic E-state index is 0.0295. The number of nitrogen functional groups attached to an aromatic ring is 1. The summed E-state index contributed by atoms with van der Waals surface area (Å²) < 4.78 is 27.9. The molecule has 0 spiro atoms. The van der Waals surface area contributed by atoms with Crippen molar-refractivity contribution in [3.63, 3.8) is 0 Å². The molecular weight excluding hydrogens is 401 g/mol. The highest BCUT2D eigenvalue weighted by Crippen LogP contribution is 2.49. The third kappa shape index (κ3) is 3.68. The van der Waals surface area contributed by atoms with E-state index in [0.29, 0.717) is 0 Å². The van der Waals surface area contributed by atoms with Crippen LogP contribution in [0.25, 0.3) is 11.2 Å². The molecule has 156 valence electrons. The summed E-state index contributed by atoms with van der Waals surface area (Å²) in [7, 11) is -3.69. The van der Waals surface area contributed by atoms with Gasteiger partial charge >= 0.3 is 7.82 Å². The first-order valence-electron chi connectivity index (χ1n) is 8.04. The van der Waals surface area contributed by atoms with Gasteiger partial charge in [0.25, 0.3) is 5.56 Å². The molecule has 0 aliphatic carbocycles. The normalized spacial score (nSPS) is 28.2. The quantitative estimate of drug-likeness (QED) is 0.264. The molecule has 1 aliphatic rings. The fraction of sp³-hybridized carbons (Fsp3) is 0.615. The van der Waals surface area contributed by atoms with Gasteiger partial charge in [-0.2, -0.15) is 4.98 Å². The number of aromatic nitrogens is 4. The molecule has 1 saturated heterocycles. The summed E-state index contributed by atoms with van der Waals surface area (Å²) >= 11 is 0. The number of fused-ring (bicyclic) bond motifs is 1. The number of hydrogen-bond donors (Lipinski definition) is 6. The lowest BCUT2D eigenvalue weighted by molar-refractivity contribution is -0.118. The van der Waals surface area contributed by atoms with Crippen molar-refractivity contribution in [2.75, 3.05) is 26.1 Å². The summed E-state index contributed by atoms with van der Waals surface area (Å²) in [6.45, 7) is -0.739. The Morgan fingerprint density at radius 1 is 1.50 bits per heavy atom. The van der Waals surface area contributed by atoms with Crippen molar-refractivity contribution in [2.45, 2.75) is 30.5 Å². The Morgan fingerprint density at radius 3 is 2.82 bits per heavy atom. The van der Waals surface area contributed by atoms with Gasteiger partial charge in [-0.1, -0.05) is 0 Å². The van der Waals surface area contributed by atoms with E-state index < -0.39 is 44.0 Å². The number of nitrogens with two attached hydrogens (primary N) is 1. The van der Waals surface area contributed by atoms with Crippen LogP contribution in [-0.4, -0.2) is 77.7 Å². The molecule has 2 aromatic heterocycles. The van der Waals surface area contributed by atoms with Gasteiger partial charge in [-0.3, -0.25) is 18.9 Å². The summed E-state index contributed by atoms with van der Waals surface area (Å²) in [5.41, 5.74) is 2.75. The number of H-pyrrole nitrogens is 1. The number of aliphatic hydroxyl groups excluding tert-OH is 1. The summed E-state index contributed by atoms with van der Waals surface area (Å²) in [6, 6.07) is 0. The van der Waals surface area contributed by atoms with Crippen LogP contribution in [0.15, 0.2) is 11.1 Å². The fourth-order valence-corrected chi connectivity index (χ4v) is 3.83. The average molecular weight is 421 g/mol. The van der Waals surface area contributed by atoms with E-state index in [1.165, 1.54) is 11.7 Å². The molecule has 4 atom stereocenters. The Hall–Kier alpha value is -1.90. The van der Waals surface area contributed by atoms with Crippen LogP contribution in [0, 0.1) is 0 Å². The number of methoxy groups -OCH3 is 1. The highest BCUT2D eigenvalue weighted by atomic mass is 31.2. The van der Waals surface area contributed by atoms with E-state index in [9.17, 15) is 29.4 Å². The molecule has 7 N–H and O–H groups in total. The molecule has 0 aromatic carbocycles. The number of phosphoric acid groups is 1. The third-order valence-electron chi connectivity index (χ3n) is 4.40. The van der Waals surface area contributed by atoms with E-state index in [0.717, 1.165) is 6.33 Å². The SMILES string of the molecule is COCC[C@@]1(O)[C@H](OP(=O)(O)O)[C@@H](CO)O[C@H]1n1cnc2c(=O)[nH]c(N)nc21. The molecule has 14 nitrogen and oxygen atoms in total. The average Bonchev–Trinajstić information content (AvgIpc) is 3.12. The lowest BCUT2D eigenvalue weighted by Gasteiger charge is -2.33. The first kappa shape index (κ1) is 20.8. The van der Waals surface area contributed by atoms with Crippen molar-refractivity contribution in [1.29, 1.82) is 0 Å². The number of aliphatic hydroxyl groups is 2. The topological polar surface area (TPSA) is 215 Å². The summed E-state index contributed by atoms with van der Waals surface area (Å²) in [5.74, 6) is -0.209. The van der Waals surface area contributed by atoms with E-state index in [2.05, 4.69) is 15.0 Å². The predicted molar refractivity (Wildman–Crippen MR) is 91.9 cm³/mol. The minimum Gasteiger partial charge on any atom is -0.394 e. The number of ether oxygens (including phenoxy) is 2. The van der Waals surface area contributed by atoms with Crippen molar-refractivity contribution in [1.82, 2.24) is 19.5 Å². The van der Waals surface area contributed by atoms with Crippen LogP contribution in [0.4, 0.5) is 5.95 Å². The second-order valence-electron chi connectivity index (χ2n) is 6.24. The van der Waals surface area contributed by atoms with Crippen molar-refractivity contribution in [2.24, 2.45) is 0 Å². The van der Waals surface area contributed by atoms with Gasteiger partial charge in [-0.15, -0.1) is 0 Å². The number of nitrogens with zero attached hydrogens (tertiary/aromatic N) is 3. The Labute approximate surface area is 157 Å². The molecule has 0 saturated carbocycles. The summed E-state index contributed by atoms with van der Waals surface area (Å²) in [6.07, 6.45) is -3.31. The van der Waals surface area contributed by atoms with Gasteiger partial charge in [-0.05, 0) is 0 Å². The molecule has 3 heterocycles. The van der Waals surface area contributed by atoms with Crippen LogP contribution in [0.2, 0.25) is 0 Å². The Kier molecular flexibility index (Phi) is 5.58. The first-order chi connectivity index (χ1) is 13.1. The van der Waals surface area contributed by atoms with Gasteiger partial charge in [0.05, 0.1) is 12.9 Å². The van der Waals surface area contributed by atoms with Crippen LogP contribution in [0.5, 0.6) is 0 Å². The van der Waals surface area contributed by atoms with Crippen molar-refractivity contribution >= 4 is 24.9 Å². The predicted octanol–water partition coefficient (Wildman–Crippen LogP) is -2.16. The lowest BCUT2D eigenvalue weighted by Crippen LogP contribution is -2.49. The van der Waals surface area contributed by atoms with Gasteiger partial charge in [0.1, 0.15) is 17.8 Å². The molecular formula is C13H20N5O9P. The van der Waals surface area contributed by atoms with Crippen LogP contribution >= 0.6 is 7.82 Å². The molecule has 1 aliphatic heterocycles. The molecule has 0 bridgehead atoms. The van der Waals surface area contributed by atoms with E-state index in [-0.39, 0.29) is 30.1 Å². The Morgan fingerprint density at radius 2 is 2.21 bits per heavy atom. The zero-order chi connectivity index (χ0) is 20.7. The van der Waals surface area contributed by atoms with E-state index in [1.807, 2.05) is 0 Å². The van der Waals surface area contributed by atoms with Gasteiger partial charge in [0, 0.05) is 20.1 Å². The third-order valence-corrected chi connectivity index (χ3v) is 4.90. The van der Waals surface area contributed by atoms with Crippen LogP contribution < -0.4 is 11.3 Å². The summed E-state index contributed by atoms with van der Waals surface area (Å²) in [5, 5.41) is 20.9. The number of anilines is 1. The number of imidazole rings is 1. The van der Waals surface area contributed by atoms with Crippen LogP contribution in [-0.2, 0) is 18.6 Å². The molecule has 2 aromatic rings. The highest BCUT2D eigenvalue weighted by molar-refractivity contribution is 7.46. The van der Waals surface area contributed by atoms with E-state index in [1.54, 1.807) is 0 Å². The maximum absolute atomic E-state index is 12.0. The summed E-state index contributed by atoms with van der Waals surface area (Å²) in [4.78, 5) is 40.6. The van der Waals surface area contributed by atoms with Crippen molar-refractivity contribution in [3.8, 4) is 0 Å². The first-order valence-corrected chi connectivity index (χ1v) is 9.57. The standard InChI is InChI=1S/C13H20N5O9P/c1-25-3-2-13(21)8(27-28(22,23)24)6(4-19)26-11(13)18-5-15-7-9(18)16-12(14)17-10(7)20/h5-6,8,11,19,21H,2-4H2,1H3,(H2,22,23,24)(H3,14,16,17,20)/t6-,8-,11-,13-/m1/s1. The number of hydrogen-bond acceptors (Lipinski definition) is 10. The molecule has 15 heteroatoms. The molecule has 0 radical (unpaired) electrons. The maximum atomic E-state index is 12.0. The number of rotatable bonds is 7. The second kappa shape index (κ2) is 7.50. The number of phosphoric ester groups is 1. The molecule has 0 unspecified atom stereocenters. The Bertz CT molecular complexity index is 958. The molecule has 28 heavy (non-hydrogen) atoms. The monoisotopic (exact) mass is 421 g/mol. The van der Waals surface area contributed by atoms with Crippen LogP contribution in [0.1, 0.15) is 12.6 Å². The Balaban J connectivity index is 2.13. The van der Waals surface area contributed by atoms with Crippen molar-refractivity contribution < 1.29 is 38.6 Å². The minimum atomic E-state index is -5.05. The smallest absolute Gasteiger partial charge is 0.394 e. The van der Waals surface area contributed by atoms with Gasteiger partial charge < -0.3 is 35.2 Å². The zero-order valence-electron chi connectivity index (χ0n) is 14.6.